The molecular weight excluding hydrogens is 272 g/mol. The molecule has 0 spiro atoms. The van der Waals surface area contributed by atoms with Crippen molar-refractivity contribution in [3.8, 4) is 0 Å². The van der Waals surface area contributed by atoms with Crippen LogP contribution in [0.5, 0.6) is 0 Å². The molecule has 0 aliphatic carbocycles. The Morgan fingerprint density at radius 1 is 0.824 bits per heavy atom. The number of carbonyl (C=O) groups is 2. The Bertz CT molecular complexity index is 538. The minimum absolute atomic E-state index is 0.442. The largest absolute Gasteiger partial charge is 0.350 e. The quantitative estimate of drug-likeness (QED) is 0.660. The van der Waals surface area contributed by atoms with Crippen LogP contribution in [-0.2, 0) is 33.5 Å². The van der Waals surface area contributed by atoms with Gasteiger partial charge in [-0.15, -0.1) is 3.63 Å². The Morgan fingerprint density at radius 3 is 1.24 bits per heavy atom. The van der Waals surface area contributed by atoms with Gasteiger partial charge in [-0.3, -0.25) is 9.59 Å². The van der Waals surface area contributed by atoms with E-state index in [9.17, 15) is 26.4 Å². The molecule has 17 heavy (non-hydrogen) atoms. The second-order valence-electron chi connectivity index (χ2n) is 3.11. The van der Waals surface area contributed by atoms with E-state index >= 15 is 0 Å². The molecular formula is C8H10O7S2. The van der Waals surface area contributed by atoms with Crippen LogP contribution < -0.4 is 0 Å². The molecule has 0 saturated carbocycles. The summed E-state index contributed by atoms with van der Waals surface area (Å²) in [5.74, 6) is 0. The van der Waals surface area contributed by atoms with E-state index in [1.807, 2.05) is 0 Å². The van der Waals surface area contributed by atoms with Crippen LogP contribution in [0.3, 0.4) is 0 Å². The van der Waals surface area contributed by atoms with Crippen molar-refractivity contribution in [2.24, 2.45) is 0 Å². The molecule has 0 aromatic rings. The monoisotopic (exact) mass is 282 g/mol. The van der Waals surface area contributed by atoms with Crippen molar-refractivity contribution in [2.45, 2.75) is 13.8 Å². The summed E-state index contributed by atoms with van der Waals surface area (Å²) in [6.07, 6.45) is 0. The van der Waals surface area contributed by atoms with Gasteiger partial charge in [-0.05, 0) is 13.8 Å². The highest BCUT2D eigenvalue weighted by Gasteiger charge is 2.35. The van der Waals surface area contributed by atoms with Crippen LogP contribution in [0.2, 0.25) is 0 Å². The Kier molecular flexibility index (Phi) is 4.52. The topological polar surface area (TPSA) is 112 Å². The lowest BCUT2D eigenvalue weighted by Gasteiger charge is -2.03. The van der Waals surface area contributed by atoms with Crippen molar-refractivity contribution >= 4 is 30.5 Å². The summed E-state index contributed by atoms with van der Waals surface area (Å²) in [5, 5.41) is -3.23. The minimum Gasteiger partial charge on any atom is -0.274 e. The third-order valence-electron chi connectivity index (χ3n) is 1.33. The first-order chi connectivity index (χ1) is 7.42. The Labute approximate surface area is 99.0 Å². The van der Waals surface area contributed by atoms with E-state index < -0.39 is 41.6 Å². The fraction of sp³-hybridized carbons (Fsp3) is 0.250. The Hall–Kier alpha value is -1.32. The molecule has 0 heterocycles. The average Bonchev–Trinajstić information content (AvgIpc) is 2.13. The SMILES string of the molecule is C=C(C)C(=O)S(=O)(=O)OS(=O)(=O)C(=O)C(=C)C. The van der Waals surface area contributed by atoms with Gasteiger partial charge in [0.25, 0.3) is 10.2 Å². The van der Waals surface area contributed by atoms with Crippen LogP contribution in [0.15, 0.2) is 24.3 Å². The lowest BCUT2D eigenvalue weighted by molar-refractivity contribution is -0.109. The first-order valence-electron chi connectivity index (χ1n) is 4.02. The summed E-state index contributed by atoms with van der Waals surface area (Å²) in [5.41, 5.74) is -0.883. The molecule has 0 rings (SSSR count). The average molecular weight is 282 g/mol. The van der Waals surface area contributed by atoms with Crippen LogP contribution in [0.4, 0.5) is 0 Å². The van der Waals surface area contributed by atoms with E-state index in [0.29, 0.717) is 0 Å². The maximum absolute atomic E-state index is 11.1. The van der Waals surface area contributed by atoms with E-state index in [0.717, 1.165) is 13.8 Å². The van der Waals surface area contributed by atoms with E-state index in [2.05, 4.69) is 16.8 Å². The van der Waals surface area contributed by atoms with Gasteiger partial charge in [0.15, 0.2) is 0 Å². The molecule has 0 N–H and O–H groups in total. The maximum atomic E-state index is 11.1. The summed E-state index contributed by atoms with van der Waals surface area (Å²) in [6, 6.07) is 0. The van der Waals surface area contributed by atoms with E-state index in [-0.39, 0.29) is 0 Å². The zero-order chi connectivity index (χ0) is 14.0. The van der Waals surface area contributed by atoms with Gasteiger partial charge in [-0.2, -0.15) is 16.8 Å². The van der Waals surface area contributed by atoms with Crippen LogP contribution in [0, 0.1) is 0 Å². The van der Waals surface area contributed by atoms with Gasteiger partial charge in [-0.1, -0.05) is 13.2 Å². The summed E-state index contributed by atoms with van der Waals surface area (Å²) in [7, 11) is -10.2. The van der Waals surface area contributed by atoms with Gasteiger partial charge in [0.1, 0.15) is 0 Å². The zero-order valence-corrected chi connectivity index (χ0v) is 10.7. The summed E-state index contributed by atoms with van der Waals surface area (Å²) in [6.45, 7) is 8.15. The van der Waals surface area contributed by atoms with Crippen LogP contribution in [0.1, 0.15) is 13.8 Å². The maximum Gasteiger partial charge on any atom is 0.350 e. The number of carbonyl (C=O) groups excluding carboxylic acids is 2. The molecule has 0 unspecified atom stereocenters. The molecule has 0 aliphatic heterocycles. The highest BCUT2D eigenvalue weighted by molar-refractivity contribution is 8.14. The molecule has 0 fully saturated rings. The Morgan fingerprint density at radius 2 is 1.06 bits per heavy atom. The second kappa shape index (κ2) is 4.90. The van der Waals surface area contributed by atoms with Gasteiger partial charge >= 0.3 is 20.2 Å². The van der Waals surface area contributed by atoms with E-state index in [1.54, 1.807) is 0 Å². The molecule has 0 saturated heterocycles. The highest BCUT2D eigenvalue weighted by Crippen LogP contribution is 2.11. The molecule has 0 atom stereocenters. The predicted octanol–water partition coefficient (Wildman–Crippen LogP) is -0.132. The molecule has 0 radical (unpaired) electrons. The lowest BCUT2D eigenvalue weighted by Crippen LogP contribution is -2.26. The van der Waals surface area contributed by atoms with E-state index in [1.165, 1.54) is 0 Å². The van der Waals surface area contributed by atoms with Crippen LogP contribution in [0.25, 0.3) is 0 Å². The molecule has 0 aliphatic rings. The summed E-state index contributed by atoms with van der Waals surface area (Å²) in [4.78, 5) is 22.0. The van der Waals surface area contributed by atoms with E-state index in [4.69, 9.17) is 0 Å². The van der Waals surface area contributed by atoms with Gasteiger partial charge in [-0.25, -0.2) is 0 Å². The smallest absolute Gasteiger partial charge is 0.274 e. The lowest BCUT2D eigenvalue weighted by atomic mass is 10.4. The van der Waals surface area contributed by atoms with Crippen LogP contribution >= 0.6 is 0 Å². The molecule has 0 bridgehead atoms. The van der Waals surface area contributed by atoms with Crippen molar-refractivity contribution in [1.29, 1.82) is 0 Å². The zero-order valence-electron chi connectivity index (χ0n) is 9.09. The summed E-state index contributed by atoms with van der Waals surface area (Å²) < 4.78 is 48.1. The van der Waals surface area contributed by atoms with Crippen molar-refractivity contribution in [3.63, 3.8) is 0 Å². The van der Waals surface area contributed by atoms with Crippen molar-refractivity contribution < 1.29 is 30.1 Å². The van der Waals surface area contributed by atoms with Crippen molar-refractivity contribution in [3.05, 3.63) is 24.3 Å². The first-order valence-corrected chi connectivity index (χ1v) is 6.84. The second-order valence-corrected chi connectivity index (χ2v) is 6.21. The van der Waals surface area contributed by atoms with Crippen molar-refractivity contribution in [1.82, 2.24) is 0 Å². The molecule has 96 valence electrons. The van der Waals surface area contributed by atoms with Crippen molar-refractivity contribution in [2.75, 3.05) is 0 Å². The predicted molar refractivity (Wildman–Crippen MR) is 58.6 cm³/mol. The highest BCUT2D eigenvalue weighted by atomic mass is 32.3. The standard InChI is InChI=1S/C8H10O7S2/c1-5(2)7(9)16(11,12)15-17(13,14)8(10)6(3)4/h1,3H2,2,4H3. The summed E-state index contributed by atoms with van der Waals surface area (Å²) >= 11 is 0. The molecule has 7 nitrogen and oxygen atoms in total. The minimum atomic E-state index is -5.08. The third-order valence-corrected chi connectivity index (χ3v) is 4.37. The molecule has 0 aromatic heterocycles. The molecule has 0 amide bonds. The van der Waals surface area contributed by atoms with Gasteiger partial charge in [0.05, 0.1) is 0 Å². The van der Waals surface area contributed by atoms with Crippen LogP contribution in [-0.4, -0.2) is 27.1 Å². The fourth-order valence-corrected chi connectivity index (χ4v) is 2.90. The normalized spacial score (nSPS) is 11.9. The first kappa shape index (κ1) is 15.7. The van der Waals surface area contributed by atoms with Gasteiger partial charge in [0, 0.05) is 11.1 Å². The number of hydrogen-bond acceptors (Lipinski definition) is 7. The third kappa shape index (κ3) is 3.88. The Balaban J connectivity index is 5.39. The molecule has 9 heteroatoms. The van der Waals surface area contributed by atoms with Gasteiger partial charge < -0.3 is 0 Å². The molecule has 0 aromatic carbocycles. The number of rotatable bonds is 4. The fourth-order valence-electron chi connectivity index (χ4n) is 0.607. The van der Waals surface area contributed by atoms with Gasteiger partial charge in [0.2, 0.25) is 0 Å². The number of hydrogen-bond donors (Lipinski definition) is 0.